The Morgan fingerprint density at radius 2 is 2.00 bits per heavy atom. The van der Waals surface area contributed by atoms with Gasteiger partial charge in [0.25, 0.3) is 0 Å². The topological polar surface area (TPSA) is 58.4 Å². The first-order valence-electron chi connectivity index (χ1n) is 7.19. The monoisotopic (exact) mass is 295 g/mol. The van der Waals surface area contributed by atoms with Crippen molar-refractivity contribution in [2.24, 2.45) is 5.73 Å². The summed E-state index contributed by atoms with van der Waals surface area (Å²) in [5.74, 6) is -0.706. The van der Waals surface area contributed by atoms with Crippen LogP contribution in [-0.2, 0) is 11.3 Å². The molecule has 21 heavy (non-hydrogen) atoms. The second kappa shape index (κ2) is 6.89. The molecule has 118 valence electrons. The van der Waals surface area contributed by atoms with Crippen LogP contribution < -0.4 is 16.0 Å². The molecule has 0 atom stereocenters. The molecule has 4 nitrogen and oxygen atoms in total. The number of carbonyl (C=O) groups excluding carboxylic acids is 1. The Labute approximate surface area is 126 Å². The van der Waals surface area contributed by atoms with E-state index < -0.39 is 5.91 Å². The Balaban J connectivity index is 3.15. The largest absolute Gasteiger partial charge is 0.368 e. The fraction of sp³-hybridized carbons (Fsp3) is 0.562. The van der Waals surface area contributed by atoms with Gasteiger partial charge in [0.15, 0.2) is 0 Å². The summed E-state index contributed by atoms with van der Waals surface area (Å²) in [7, 11) is 0. The molecule has 0 heterocycles. The number of rotatable bonds is 6. The molecular formula is C16H26FN3O. The van der Waals surface area contributed by atoms with Gasteiger partial charge in [-0.25, -0.2) is 4.39 Å². The van der Waals surface area contributed by atoms with Crippen LogP contribution in [0.3, 0.4) is 0 Å². The number of primary amides is 1. The molecule has 0 aromatic heterocycles. The van der Waals surface area contributed by atoms with Gasteiger partial charge in [-0.05, 0) is 46.8 Å². The molecular weight excluding hydrogens is 269 g/mol. The summed E-state index contributed by atoms with van der Waals surface area (Å²) in [4.78, 5) is 13.1. The lowest BCUT2D eigenvalue weighted by atomic mass is 10.1. The summed E-state index contributed by atoms with van der Waals surface area (Å²) in [6, 6.07) is 4.96. The van der Waals surface area contributed by atoms with Gasteiger partial charge in [-0.2, -0.15) is 0 Å². The second-order valence-electron chi connectivity index (χ2n) is 6.53. The van der Waals surface area contributed by atoms with E-state index in [9.17, 15) is 9.18 Å². The van der Waals surface area contributed by atoms with Crippen LogP contribution in [0.25, 0.3) is 0 Å². The van der Waals surface area contributed by atoms with Crippen LogP contribution in [0, 0.1) is 5.82 Å². The number of amides is 1. The van der Waals surface area contributed by atoms with Crippen LogP contribution in [0.4, 0.5) is 10.1 Å². The van der Waals surface area contributed by atoms with Crippen molar-refractivity contribution >= 4 is 11.6 Å². The maximum atomic E-state index is 14.2. The van der Waals surface area contributed by atoms with Gasteiger partial charge in [0, 0.05) is 29.4 Å². The van der Waals surface area contributed by atoms with E-state index in [0.717, 1.165) is 0 Å². The molecule has 1 rings (SSSR count). The first-order chi connectivity index (χ1) is 9.61. The molecule has 0 aliphatic heterocycles. The fourth-order valence-electron chi connectivity index (χ4n) is 2.06. The van der Waals surface area contributed by atoms with Crippen molar-refractivity contribution in [1.29, 1.82) is 0 Å². The van der Waals surface area contributed by atoms with Gasteiger partial charge in [0.05, 0.1) is 6.54 Å². The van der Waals surface area contributed by atoms with Gasteiger partial charge >= 0.3 is 0 Å². The minimum absolute atomic E-state index is 0.0488. The van der Waals surface area contributed by atoms with Gasteiger partial charge in [0.1, 0.15) is 5.82 Å². The Morgan fingerprint density at radius 3 is 2.48 bits per heavy atom. The minimum atomic E-state index is -0.428. The van der Waals surface area contributed by atoms with Crippen molar-refractivity contribution in [3.05, 3.63) is 29.6 Å². The predicted octanol–water partition coefficient (Wildman–Crippen LogP) is 2.41. The van der Waals surface area contributed by atoms with Gasteiger partial charge in [-0.15, -0.1) is 0 Å². The maximum absolute atomic E-state index is 14.2. The highest BCUT2D eigenvalue weighted by molar-refractivity contribution is 5.80. The Kier molecular flexibility index (Phi) is 5.72. The van der Waals surface area contributed by atoms with Gasteiger partial charge in [-0.3, -0.25) is 4.79 Å². The highest BCUT2D eigenvalue weighted by Crippen LogP contribution is 2.25. The molecule has 0 aliphatic rings. The second-order valence-corrected chi connectivity index (χ2v) is 6.53. The highest BCUT2D eigenvalue weighted by Gasteiger charge is 2.20. The molecule has 0 bridgehead atoms. The quantitative estimate of drug-likeness (QED) is 0.847. The van der Waals surface area contributed by atoms with E-state index in [1.165, 1.54) is 6.07 Å². The third kappa shape index (κ3) is 5.34. The molecule has 5 heteroatoms. The first kappa shape index (κ1) is 17.4. The van der Waals surface area contributed by atoms with Crippen LogP contribution in [0.5, 0.6) is 0 Å². The summed E-state index contributed by atoms with van der Waals surface area (Å²) in [6.07, 6.45) is 0. The molecule has 0 saturated heterocycles. The van der Waals surface area contributed by atoms with Crippen LogP contribution in [0.1, 0.15) is 40.2 Å². The zero-order valence-electron chi connectivity index (χ0n) is 13.5. The lowest BCUT2D eigenvalue weighted by molar-refractivity contribution is -0.116. The number of benzene rings is 1. The van der Waals surface area contributed by atoms with E-state index in [1.807, 2.05) is 45.6 Å². The minimum Gasteiger partial charge on any atom is -0.368 e. The van der Waals surface area contributed by atoms with Crippen molar-refractivity contribution in [1.82, 2.24) is 5.32 Å². The zero-order valence-corrected chi connectivity index (χ0v) is 13.5. The Hall–Kier alpha value is -1.62. The molecule has 3 N–H and O–H groups in total. The van der Waals surface area contributed by atoms with E-state index in [2.05, 4.69) is 5.32 Å². The molecule has 1 amide bonds. The standard InChI is InChI=1S/C16H26FN3O/c1-11(2)20(10-15(18)21)14-8-6-7-13(17)12(14)9-19-16(3,4)5/h6-8,11,19H,9-10H2,1-5H3,(H2,18,21). The number of anilines is 1. The van der Waals surface area contributed by atoms with Gasteiger partial charge in [0.2, 0.25) is 5.91 Å². The molecule has 1 aromatic rings. The van der Waals surface area contributed by atoms with Crippen molar-refractivity contribution in [3.63, 3.8) is 0 Å². The Bertz CT molecular complexity index is 495. The van der Waals surface area contributed by atoms with Crippen LogP contribution in [0.2, 0.25) is 0 Å². The molecule has 0 unspecified atom stereocenters. The molecule has 0 fully saturated rings. The molecule has 0 spiro atoms. The summed E-state index contributed by atoms with van der Waals surface area (Å²) in [5, 5.41) is 3.28. The number of nitrogens with two attached hydrogens (primary N) is 1. The zero-order chi connectivity index (χ0) is 16.2. The molecule has 0 radical (unpaired) electrons. The van der Waals surface area contributed by atoms with Crippen molar-refractivity contribution in [3.8, 4) is 0 Å². The SMILES string of the molecule is CC(C)N(CC(N)=O)c1cccc(F)c1CNC(C)(C)C. The van der Waals surface area contributed by atoms with E-state index in [0.29, 0.717) is 17.8 Å². The Morgan fingerprint density at radius 1 is 1.38 bits per heavy atom. The maximum Gasteiger partial charge on any atom is 0.236 e. The van der Waals surface area contributed by atoms with E-state index in [4.69, 9.17) is 5.73 Å². The average molecular weight is 295 g/mol. The third-order valence-corrected chi connectivity index (χ3v) is 3.15. The normalized spacial score (nSPS) is 11.8. The predicted molar refractivity (Wildman–Crippen MR) is 84.7 cm³/mol. The van der Waals surface area contributed by atoms with Gasteiger partial charge < -0.3 is 16.0 Å². The summed E-state index contributed by atoms with van der Waals surface area (Å²) in [6.45, 7) is 10.5. The number of hydrogen-bond acceptors (Lipinski definition) is 3. The lowest BCUT2D eigenvalue weighted by Crippen LogP contribution is -2.40. The van der Waals surface area contributed by atoms with Crippen LogP contribution in [0.15, 0.2) is 18.2 Å². The van der Waals surface area contributed by atoms with Crippen LogP contribution >= 0.6 is 0 Å². The fourth-order valence-corrected chi connectivity index (χ4v) is 2.06. The summed E-state index contributed by atoms with van der Waals surface area (Å²) in [5.41, 5.74) is 6.46. The first-order valence-corrected chi connectivity index (χ1v) is 7.19. The highest BCUT2D eigenvalue weighted by atomic mass is 19.1. The number of nitrogens with zero attached hydrogens (tertiary/aromatic N) is 1. The van der Waals surface area contributed by atoms with E-state index in [1.54, 1.807) is 6.07 Å². The molecule has 0 saturated carbocycles. The number of carbonyl (C=O) groups is 1. The van der Waals surface area contributed by atoms with Crippen molar-refractivity contribution in [2.75, 3.05) is 11.4 Å². The van der Waals surface area contributed by atoms with Crippen molar-refractivity contribution < 1.29 is 9.18 Å². The third-order valence-electron chi connectivity index (χ3n) is 3.15. The summed E-state index contributed by atoms with van der Waals surface area (Å²) < 4.78 is 14.2. The number of halogens is 1. The van der Waals surface area contributed by atoms with Crippen molar-refractivity contribution in [2.45, 2.75) is 52.7 Å². The number of nitrogens with one attached hydrogen (secondary N) is 1. The van der Waals surface area contributed by atoms with E-state index >= 15 is 0 Å². The number of hydrogen-bond donors (Lipinski definition) is 2. The summed E-state index contributed by atoms with van der Waals surface area (Å²) >= 11 is 0. The molecule has 0 aliphatic carbocycles. The average Bonchev–Trinajstić information content (AvgIpc) is 2.32. The van der Waals surface area contributed by atoms with Gasteiger partial charge in [-0.1, -0.05) is 6.07 Å². The molecule has 1 aromatic carbocycles. The lowest BCUT2D eigenvalue weighted by Gasteiger charge is -2.31. The smallest absolute Gasteiger partial charge is 0.236 e. The van der Waals surface area contributed by atoms with E-state index in [-0.39, 0.29) is 23.9 Å². The van der Waals surface area contributed by atoms with Crippen LogP contribution in [-0.4, -0.2) is 24.0 Å².